The highest BCUT2D eigenvalue weighted by Gasteiger charge is 2.18. The SMILES string of the molecule is CC(CNC(=O)Nc1ccccc1)N1CCCC1. The first-order valence-corrected chi connectivity index (χ1v) is 6.59. The zero-order valence-electron chi connectivity index (χ0n) is 10.9. The molecule has 2 N–H and O–H groups in total. The van der Waals surface area contributed by atoms with E-state index in [0.717, 1.165) is 18.8 Å². The smallest absolute Gasteiger partial charge is 0.319 e. The zero-order valence-corrected chi connectivity index (χ0v) is 10.9. The molecule has 0 aliphatic carbocycles. The second kappa shape index (κ2) is 6.40. The average Bonchev–Trinajstić information content (AvgIpc) is 2.91. The van der Waals surface area contributed by atoms with Crippen molar-refractivity contribution in [3.63, 3.8) is 0 Å². The molecule has 0 bridgehead atoms. The maximum atomic E-state index is 11.7. The van der Waals surface area contributed by atoms with E-state index >= 15 is 0 Å². The van der Waals surface area contributed by atoms with E-state index in [1.165, 1.54) is 12.8 Å². The predicted octanol–water partition coefficient (Wildman–Crippen LogP) is 2.29. The molecule has 18 heavy (non-hydrogen) atoms. The fourth-order valence-corrected chi connectivity index (χ4v) is 2.25. The molecular formula is C14H21N3O. The lowest BCUT2D eigenvalue weighted by Crippen LogP contribution is -2.42. The summed E-state index contributed by atoms with van der Waals surface area (Å²) in [6, 6.07) is 9.78. The molecule has 0 aromatic heterocycles. The van der Waals surface area contributed by atoms with E-state index in [0.29, 0.717) is 12.6 Å². The van der Waals surface area contributed by atoms with Gasteiger partial charge in [0.05, 0.1) is 0 Å². The Kier molecular flexibility index (Phi) is 4.59. The molecule has 1 aliphatic rings. The van der Waals surface area contributed by atoms with E-state index in [-0.39, 0.29) is 6.03 Å². The molecule has 2 amide bonds. The van der Waals surface area contributed by atoms with E-state index in [4.69, 9.17) is 0 Å². The van der Waals surface area contributed by atoms with Gasteiger partial charge in [-0.25, -0.2) is 4.79 Å². The first-order chi connectivity index (χ1) is 8.75. The van der Waals surface area contributed by atoms with Crippen molar-refractivity contribution in [3.8, 4) is 0 Å². The van der Waals surface area contributed by atoms with E-state index < -0.39 is 0 Å². The minimum atomic E-state index is -0.132. The van der Waals surface area contributed by atoms with Crippen molar-refractivity contribution >= 4 is 11.7 Å². The number of rotatable bonds is 4. The van der Waals surface area contributed by atoms with Crippen LogP contribution in [0, 0.1) is 0 Å². The average molecular weight is 247 g/mol. The summed E-state index contributed by atoms with van der Waals surface area (Å²) < 4.78 is 0. The van der Waals surface area contributed by atoms with Gasteiger partial charge < -0.3 is 10.6 Å². The number of para-hydroxylation sites is 1. The van der Waals surface area contributed by atoms with Crippen LogP contribution in [0.2, 0.25) is 0 Å². The fraction of sp³-hybridized carbons (Fsp3) is 0.500. The van der Waals surface area contributed by atoms with Crippen molar-refractivity contribution < 1.29 is 4.79 Å². The van der Waals surface area contributed by atoms with E-state index in [2.05, 4.69) is 22.5 Å². The van der Waals surface area contributed by atoms with Gasteiger partial charge in [0.25, 0.3) is 0 Å². The van der Waals surface area contributed by atoms with Gasteiger partial charge in [0, 0.05) is 18.3 Å². The third-order valence-corrected chi connectivity index (χ3v) is 3.35. The number of amides is 2. The molecule has 1 saturated heterocycles. The molecular weight excluding hydrogens is 226 g/mol. The quantitative estimate of drug-likeness (QED) is 0.857. The molecule has 0 radical (unpaired) electrons. The third kappa shape index (κ3) is 3.74. The topological polar surface area (TPSA) is 44.4 Å². The van der Waals surface area contributed by atoms with Crippen LogP contribution >= 0.6 is 0 Å². The summed E-state index contributed by atoms with van der Waals surface area (Å²) in [4.78, 5) is 14.1. The van der Waals surface area contributed by atoms with Crippen LogP contribution in [0.5, 0.6) is 0 Å². The van der Waals surface area contributed by atoms with Crippen LogP contribution in [0.4, 0.5) is 10.5 Å². The van der Waals surface area contributed by atoms with Crippen LogP contribution in [-0.4, -0.2) is 36.6 Å². The zero-order chi connectivity index (χ0) is 12.8. The molecule has 0 spiro atoms. The number of nitrogens with one attached hydrogen (secondary N) is 2. The molecule has 1 fully saturated rings. The summed E-state index contributed by atoms with van der Waals surface area (Å²) in [7, 11) is 0. The minimum absolute atomic E-state index is 0.132. The van der Waals surface area contributed by atoms with Gasteiger partial charge in [0.2, 0.25) is 0 Å². The van der Waals surface area contributed by atoms with E-state index in [1.54, 1.807) is 0 Å². The number of carbonyl (C=O) groups excluding carboxylic acids is 1. The number of hydrogen-bond acceptors (Lipinski definition) is 2. The lowest BCUT2D eigenvalue weighted by Gasteiger charge is -2.23. The Morgan fingerprint density at radius 3 is 2.61 bits per heavy atom. The van der Waals surface area contributed by atoms with Gasteiger partial charge in [-0.05, 0) is 45.0 Å². The maximum absolute atomic E-state index is 11.7. The van der Waals surface area contributed by atoms with Crippen LogP contribution in [0.3, 0.4) is 0 Å². The molecule has 1 unspecified atom stereocenters. The molecule has 4 nitrogen and oxygen atoms in total. The highest BCUT2D eigenvalue weighted by atomic mass is 16.2. The Balaban J connectivity index is 1.71. The minimum Gasteiger partial charge on any atom is -0.336 e. The molecule has 0 saturated carbocycles. The van der Waals surface area contributed by atoms with Gasteiger partial charge in [-0.3, -0.25) is 4.90 Å². The highest BCUT2D eigenvalue weighted by Crippen LogP contribution is 2.10. The van der Waals surface area contributed by atoms with Crippen LogP contribution < -0.4 is 10.6 Å². The molecule has 1 aliphatic heterocycles. The first kappa shape index (κ1) is 12.9. The van der Waals surface area contributed by atoms with Crippen LogP contribution in [0.15, 0.2) is 30.3 Å². The Morgan fingerprint density at radius 1 is 1.28 bits per heavy atom. The Labute approximate surface area is 108 Å². The van der Waals surface area contributed by atoms with Gasteiger partial charge in [-0.2, -0.15) is 0 Å². The third-order valence-electron chi connectivity index (χ3n) is 3.35. The van der Waals surface area contributed by atoms with Crippen LogP contribution in [0.25, 0.3) is 0 Å². The highest BCUT2D eigenvalue weighted by molar-refractivity contribution is 5.89. The number of nitrogens with zero attached hydrogens (tertiary/aromatic N) is 1. The molecule has 1 heterocycles. The van der Waals surface area contributed by atoms with Crippen molar-refractivity contribution in [2.75, 3.05) is 25.0 Å². The normalized spacial score (nSPS) is 17.4. The number of urea groups is 1. The van der Waals surface area contributed by atoms with Crippen molar-refractivity contribution in [2.24, 2.45) is 0 Å². The van der Waals surface area contributed by atoms with Crippen LogP contribution in [0.1, 0.15) is 19.8 Å². The molecule has 4 heteroatoms. The summed E-state index contributed by atoms with van der Waals surface area (Å²) in [5.74, 6) is 0. The number of likely N-dealkylation sites (tertiary alicyclic amines) is 1. The number of anilines is 1. The molecule has 1 aromatic carbocycles. The summed E-state index contributed by atoms with van der Waals surface area (Å²) >= 11 is 0. The summed E-state index contributed by atoms with van der Waals surface area (Å²) in [5, 5.41) is 5.74. The summed E-state index contributed by atoms with van der Waals surface area (Å²) in [5.41, 5.74) is 0.823. The van der Waals surface area contributed by atoms with Crippen molar-refractivity contribution in [1.29, 1.82) is 0 Å². The number of benzene rings is 1. The lowest BCUT2D eigenvalue weighted by molar-refractivity contribution is 0.234. The first-order valence-electron chi connectivity index (χ1n) is 6.59. The Hall–Kier alpha value is -1.55. The Bertz CT molecular complexity index is 374. The second-order valence-corrected chi connectivity index (χ2v) is 4.79. The van der Waals surface area contributed by atoms with Gasteiger partial charge in [-0.1, -0.05) is 18.2 Å². The maximum Gasteiger partial charge on any atom is 0.319 e. The van der Waals surface area contributed by atoms with Gasteiger partial charge in [0.15, 0.2) is 0 Å². The number of carbonyl (C=O) groups is 1. The van der Waals surface area contributed by atoms with Crippen molar-refractivity contribution in [3.05, 3.63) is 30.3 Å². The molecule has 98 valence electrons. The standard InChI is InChI=1S/C14H21N3O/c1-12(17-9-5-6-10-17)11-15-14(18)16-13-7-3-2-4-8-13/h2-4,7-8,12H,5-6,9-11H2,1H3,(H2,15,16,18). The van der Waals surface area contributed by atoms with Crippen molar-refractivity contribution in [2.45, 2.75) is 25.8 Å². The van der Waals surface area contributed by atoms with Gasteiger partial charge in [0.1, 0.15) is 0 Å². The molecule has 2 rings (SSSR count). The Morgan fingerprint density at radius 2 is 1.94 bits per heavy atom. The second-order valence-electron chi connectivity index (χ2n) is 4.79. The van der Waals surface area contributed by atoms with Gasteiger partial charge >= 0.3 is 6.03 Å². The summed E-state index contributed by atoms with van der Waals surface area (Å²) in [6.07, 6.45) is 2.56. The van der Waals surface area contributed by atoms with E-state index in [9.17, 15) is 4.79 Å². The molecule has 1 atom stereocenters. The predicted molar refractivity (Wildman–Crippen MR) is 73.7 cm³/mol. The lowest BCUT2D eigenvalue weighted by atomic mass is 10.3. The van der Waals surface area contributed by atoms with E-state index in [1.807, 2.05) is 30.3 Å². The number of hydrogen-bond donors (Lipinski definition) is 2. The largest absolute Gasteiger partial charge is 0.336 e. The van der Waals surface area contributed by atoms with Crippen molar-refractivity contribution in [1.82, 2.24) is 10.2 Å². The van der Waals surface area contributed by atoms with Crippen LogP contribution in [-0.2, 0) is 0 Å². The van der Waals surface area contributed by atoms with Gasteiger partial charge in [-0.15, -0.1) is 0 Å². The monoisotopic (exact) mass is 247 g/mol. The summed E-state index contributed by atoms with van der Waals surface area (Å²) in [6.45, 7) is 5.17. The fourth-order valence-electron chi connectivity index (χ4n) is 2.25. The molecule has 1 aromatic rings.